The molecule has 0 radical (unpaired) electrons. The number of benzene rings is 1. The van der Waals surface area contributed by atoms with Gasteiger partial charge >= 0.3 is 12.3 Å². The van der Waals surface area contributed by atoms with Crippen LogP contribution in [-0.4, -0.2) is 30.6 Å². The van der Waals surface area contributed by atoms with Crippen LogP contribution in [0, 0.1) is 6.92 Å². The molecule has 12 heteroatoms. The highest BCUT2D eigenvalue weighted by Gasteiger charge is 2.63. The van der Waals surface area contributed by atoms with Gasteiger partial charge in [0.2, 0.25) is 0 Å². The van der Waals surface area contributed by atoms with Crippen LogP contribution in [0.1, 0.15) is 44.3 Å². The van der Waals surface area contributed by atoms with E-state index < -0.39 is 29.9 Å². The number of aryl methyl sites for hydroxylation is 1. The Kier molecular flexibility index (Phi) is 6.65. The number of oxime groups is 1. The summed E-state index contributed by atoms with van der Waals surface area (Å²) in [5, 5.41) is 3.26. The molecular weight excluding hydrogens is 508 g/mol. The molecule has 1 aliphatic rings. The molecule has 0 aliphatic carbocycles. The summed E-state index contributed by atoms with van der Waals surface area (Å²) >= 11 is 17.8. The van der Waals surface area contributed by atoms with Gasteiger partial charge in [0, 0.05) is 18.7 Å². The van der Waals surface area contributed by atoms with Gasteiger partial charge in [-0.2, -0.15) is 13.2 Å². The van der Waals surface area contributed by atoms with Crippen LogP contribution in [0.5, 0.6) is 0 Å². The van der Waals surface area contributed by atoms with Crippen molar-refractivity contribution in [2.75, 3.05) is 11.9 Å². The van der Waals surface area contributed by atoms with Gasteiger partial charge in [0.25, 0.3) is 5.60 Å². The van der Waals surface area contributed by atoms with E-state index in [0.717, 1.165) is 12.1 Å². The average Bonchev–Trinajstić information content (AvgIpc) is 3.28. The molecule has 2 aromatic rings. The summed E-state index contributed by atoms with van der Waals surface area (Å²) in [4.78, 5) is 18.5. The highest BCUT2D eigenvalue weighted by molar-refractivity contribution is 6.48. The Balaban J connectivity index is 1.94. The predicted octanol–water partition coefficient (Wildman–Crippen LogP) is 7.50. The van der Waals surface area contributed by atoms with Crippen LogP contribution in [0.4, 0.5) is 23.7 Å². The van der Waals surface area contributed by atoms with Crippen LogP contribution in [0.2, 0.25) is 15.1 Å². The molecule has 1 unspecified atom stereocenters. The molecule has 0 saturated heterocycles. The molecule has 1 amide bonds. The number of carbonyl (C=O) groups is 1. The van der Waals surface area contributed by atoms with E-state index in [2.05, 4.69) is 5.16 Å². The molecule has 1 aromatic carbocycles. The fourth-order valence-corrected chi connectivity index (χ4v) is 3.80. The monoisotopic (exact) mass is 526 g/mol. The van der Waals surface area contributed by atoms with Crippen molar-refractivity contribution >= 4 is 52.3 Å². The number of carbonyl (C=O) groups excluding carboxylic acids is 1. The minimum Gasteiger partial charge on any atom is -0.458 e. The molecule has 0 bridgehead atoms. The van der Waals surface area contributed by atoms with Crippen molar-refractivity contribution in [3.8, 4) is 0 Å². The molecule has 1 aromatic heterocycles. The summed E-state index contributed by atoms with van der Waals surface area (Å²) in [5.41, 5.74) is -3.74. The Morgan fingerprint density at radius 1 is 1.15 bits per heavy atom. The minimum absolute atomic E-state index is 0.00944. The van der Waals surface area contributed by atoms with E-state index in [1.54, 1.807) is 27.7 Å². The average molecular weight is 528 g/mol. The molecule has 1 atom stereocenters. The van der Waals surface area contributed by atoms with Crippen LogP contribution in [0.15, 0.2) is 27.8 Å². The lowest BCUT2D eigenvalue weighted by atomic mass is 9.87. The lowest BCUT2D eigenvalue weighted by Crippen LogP contribution is -2.42. The topological polar surface area (TPSA) is 64.3 Å². The molecular formula is C21H20Cl3F3N2O4. The first-order valence-electron chi connectivity index (χ1n) is 9.60. The van der Waals surface area contributed by atoms with Crippen LogP contribution < -0.4 is 4.90 Å². The number of hydrogen-bond donors (Lipinski definition) is 0. The quantitative estimate of drug-likeness (QED) is 0.388. The zero-order valence-electron chi connectivity index (χ0n) is 18.2. The van der Waals surface area contributed by atoms with Gasteiger partial charge < -0.3 is 14.0 Å². The SMILES string of the molecule is Cc1oc(C2=NOC(c3cc(Cl)c(Cl)c(Cl)c3)(C(F)(F)F)C2)cc1N(C)C(=O)OC(C)(C)C. The van der Waals surface area contributed by atoms with Crippen LogP contribution >= 0.6 is 34.8 Å². The maximum Gasteiger partial charge on any atom is 0.435 e. The molecule has 3 rings (SSSR count). The molecule has 33 heavy (non-hydrogen) atoms. The van der Waals surface area contributed by atoms with Crippen LogP contribution in [-0.2, 0) is 15.2 Å². The molecule has 2 heterocycles. The zero-order chi connectivity index (χ0) is 24.9. The Hall–Kier alpha value is -2.10. The maximum absolute atomic E-state index is 14.2. The van der Waals surface area contributed by atoms with Gasteiger partial charge in [-0.3, -0.25) is 4.90 Å². The van der Waals surface area contributed by atoms with E-state index in [1.165, 1.54) is 18.0 Å². The van der Waals surface area contributed by atoms with E-state index in [0.29, 0.717) is 5.69 Å². The summed E-state index contributed by atoms with van der Waals surface area (Å²) < 4.78 is 53.6. The molecule has 180 valence electrons. The highest BCUT2D eigenvalue weighted by Crippen LogP contribution is 2.51. The number of anilines is 1. The van der Waals surface area contributed by atoms with Gasteiger partial charge in [0.1, 0.15) is 17.1 Å². The van der Waals surface area contributed by atoms with Gasteiger partial charge in [-0.05, 0) is 39.8 Å². The summed E-state index contributed by atoms with van der Waals surface area (Å²) in [6.07, 6.45) is -6.25. The van der Waals surface area contributed by atoms with Crippen molar-refractivity contribution in [3.05, 3.63) is 50.4 Å². The fourth-order valence-electron chi connectivity index (χ4n) is 3.20. The minimum atomic E-state index is -4.88. The van der Waals surface area contributed by atoms with E-state index in [4.69, 9.17) is 48.8 Å². The number of alkyl halides is 3. The Bertz CT molecular complexity index is 1100. The zero-order valence-corrected chi connectivity index (χ0v) is 20.5. The summed E-state index contributed by atoms with van der Waals surface area (Å²) in [7, 11) is 1.46. The third-order valence-corrected chi connectivity index (χ3v) is 6.04. The second kappa shape index (κ2) is 8.60. The van der Waals surface area contributed by atoms with Gasteiger partial charge in [0.15, 0.2) is 5.76 Å². The summed E-state index contributed by atoms with van der Waals surface area (Å²) in [6.45, 7) is 6.70. The van der Waals surface area contributed by atoms with Crippen molar-refractivity contribution in [2.24, 2.45) is 5.16 Å². The maximum atomic E-state index is 14.2. The van der Waals surface area contributed by atoms with Gasteiger partial charge in [0.05, 0.1) is 27.2 Å². The van der Waals surface area contributed by atoms with Crippen molar-refractivity contribution < 1.29 is 32.0 Å². The second-order valence-electron chi connectivity index (χ2n) is 8.48. The normalized spacial score (nSPS) is 18.7. The number of hydrogen-bond acceptors (Lipinski definition) is 5. The molecule has 6 nitrogen and oxygen atoms in total. The molecule has 1 aliphatic heterocycles. The number of furan rings is 1. The van der Waals surface area contributed by atoms with E-state index >= 15 is 0 Å². The lowest BCUT2D eigenvalue weighted by molar-refractivity contribution is -0.275. The first-order chi connectivity index (χ1) is 15.1. The number of rotatable bonds is 3. The fraction of sp³-hybridized carbons (Fsp3) is 0.429. The third-order valence-electron chi connectivity index (χ3n) is 4.84. The highest BCUT2D eigenvalue weighted by atomic mass is 35.5. The van der Waals surface area contributed by atoms with Crippen molar-refractivity contribution in [1.29, 1.82) is 0 Å². The van der Waals surface area contributed by atoms with Crippen molar-refractivity contribution in [3.63, 3.8) is 0 Å². The largest absolute Gasteiger partial charge is 0.458 e. The van der Waals surface area contributed by atoms with Crippen LogP contribution in [0.25, 0.3) is 0 Å². The Labute approximate surface area is 203 Å². The standard InChI is InChI=1S/C21H20Cl3F3N2O4/c1-10-15(29(5)18(30)32-19(2,3)4)8-16(31-10)14-9-20(33-28-14,21(25,26)27)11-6-12(22)17(24)13(23)7-11/h6-8H,9H2,1-5H3. The van der Waals surface area contributed by atoms with E-state index in [1.807, 2.05) is 0 Å². The molecule has 0 fully saturated rings. The Morgan fingerprint density at radius 2 is 1.73 bits per heavy atom. The van der Waals surface area contributed by atoms with E-state index in [9.17, 15) is 18.0 Å². The number of ether oxygens (including phenoxy) is 1. The number of nitrogens with zero attached hydrogens (tertiary/aromatic N) is 2. The van der Waals surface area contributed by atoms with E-state index in [-0.39, 0.29) is 37.9 Å². The first-order valence-corrected chi connectivity index (χ1v) is 10.7. The molecule has 0 N–H and O–H groups in total. The third kappa shape index (κ3) is 4.90. The van der Waals surface area contributed by atoms with Gasteiger partial charge in [-0.1, -0.05) is 40.0 Å². The first kappa shape index (κ1) is 25.5. The second-order valence-corrected chi connectivity index (χ2v) is 9.67. The molecule has 0 spiro atoms. The molecule has 0 saturated carbocycles. The van der Waals surface area contributed by atoms with Crippen LogP contribution in [0.3, 0.4) is 0 Å². The number of halogens is 6. The van der Waals surface area contributed by atoms with Crippen molar-refractivity contribution in [1.82, 2.24) is 0 Å². The number of amides is 1. The predicted molar refractivity (Wildman–Crippen MR) is 120 cm³/mol. The Morgan fingerprint density at radius 3 is 2.24 bits per heavy atom. The summed E-state index contributed by atoms with van der Waals surface area (Å²) in [6, 6.07) is 3.48. The van der Waals surface area contributed by atoms with Gasteiger partial charge in [-0.25, -0.2) is 4.79 Å². The lowest BCUT2D eigenvalue weighted by Gasteiger charge is -2.29. The summed E-state index contributed by atoms with van der Waals surface area (Å²) in [5.74, 6) is 0.290. The van der Waals surface area contributed by atoms with Crippen molar-refractivity contribution in [2.45, 2.75) is 51.5 Å². The van der Waals surface area contributed by atoms with Gasteiger partial charge in [-0.15, -0.1) is 0 Å². The smallest absolute Gasteiger partial charge is 0.435 e.